The molecule has 1 aliphatic heterocycles. The first-order valence-corrected chi connectivity index (χ1v) is 10.4. The van der Waals surface area contributed by atoms with Crippen LogP contribution in [0.15, 0.2) is 47.8 Å². The van der Waals surface area contributed by atoms with Gasteiger partial charge in [-0.2, -0.15) is 0 Å². The molecule has 3 rings (SSSR count). The highest BCUT2D eigenvalue weighted by Gasteiger charge is 2.33. The first-order chi connectivity index (χ1) is 12.1. The highest BCUT2D eigenvalue weighted by atomic mass is 32.1. The Balaban J connectivity index is 1.65. The summed E-state index contributed by atoms with van der Waals surface area (Å²) in [6.45, 7) is 8.67. The largest absolute Gasteiger partial charge is 0.376 e. The van der Waals surface area contributed by atoms with E-state index in [9.17, 15) is 0 Å². The molecule has 1 N–H and O–H groups in total. The SMILES string of the molecule is C[C@H](NCC[C@H](c1ccccc1)[C@H]1CCOC(C)(C)C1)c1cccs1. The molecule has 3 atom stereocenters. The normalized spacial score (nSPS) is 22.4. The van der Waals surface area contributed by atoms with Gasteiger partial charge in [-0.15, -0.1) is 11.3 Å². The lowest BCUT2D eigenvalue weighted by Crippen LogP contribution is -2.37. The van der Waals surface area contributed by atoms with Crippen LogP contribution >= 0.6 is 11.3 Å². The molecule has 2 nitrogen and oxygen atoms in total. The Morgan fingerprint density at radius 1 is 1.20 bits per heavy atom. The molecule has 136 valence electrons. The fourth-order valence-electron chi connectivity index (χ4n) is 4.09. The van der Waals surface area contributed by atoms with Gasteiger partial charge in [0.1, 0.15) is 0 Å². The van der Waals surface area contributed by atoms with Crippen molar-refractivity contribution in [2.24, 2.45) is 5.92 Å². The zero-order valence-corrected chi connectivity index (χ0v) is 16.5. The first kappa shape index (κ1) is 18.6. The van der Waals surface area contributed by atoms with Crippen molar-refractivity contribution >= 4 is 11.3 Å². The topological polar surface area (TPSA) is 21.3 Å². The molecule has 0 saturated carbocycles. The van der Waals surface area contributed by atoms with Gasteiger partial charge in [-0.3, -0.25) is 0 Å². The summed E-state index contributed by atoms with van der Waals surface area (Å²) in [6.07, 6.45) is 3.50. The van der Waals surface area contributed by atoms with E-state index in [1.807, 2.05) is 11.3 Å². The second-order valence-corrected chi connectivity index (χ2v) is 8.84. The van der Waals surface area contributed by atoms with Crippen molar-refractivity contribution in [3.05, 3.63) is 58.3 Å². The Morgan fingerprint density at radius 3 is 2.68 bits per heavy atom. The van der Waals surface area contributed by atoms with Crippen LogP contribution in [0.1, 0.15) is 62.4 Å². The number of thiophene rings is 1. The van der Waals surface area contributed by atoms with Crippen LogP contribution in [0.2, 0.25) is 0 Å². The van der Waals surface area contributed by atoms with Crippen LogP contribution in [0.3, 0.4) is 0 Å². The third-order valence-electron chi connectivity index (χ3n) is 5.41. The summed E-state index contributed by atoms with van der Waals surface area (Å²) < 4.78 is 5.96. The van der Waals surface area contributed by atoms with E-state index in [2.05, 4.69) is 73.9 Å². The van der Waals surface area contributed by atoms with Crippen molar-refractivity contribution in [2.45, 2.75) is 57.6 Å². The van der Waals surface area contributed by atoms with Gasteiger partial charge in [0.05, 0.1) is 5.60 Å². The van der Waals surface area contributed by atoms with Gasteiger partial charge in [0.2, 0.25) is 0 Å². The molecule has 0 bridgehead atoms. The molecule has 0 amide bonds. The molecular weight excluding hydrogens is 326 g/mol. The Labute approximate surface area is 156 Å². The van der Waals surface area contributed by atoms with Crippen molar-refractivity contribution < 1.29 is 4.74 Å². The van der Waals surface area contributed by atoms with Crippen molar-refractivity contribution in [1.29, 1.82) is 0 Å². The summed E-state index contributed by atoms with van der Waals surface area (Å²) in [7, 11) is 0. The molecule has 2 heterocycles. The summed E-state index contributed by atoms with van der Waals surface area (Å²) in [4.78, 5) is 1.42. The number of ether oxygens (including phenoxy) is 1. The molecule has 1 aromatic carbocycles. The van der Waals surface area contributed by atoms with E-state index in [0.717, 1.165) is 19.6 Å². The maximum Gasteiger partial charge on any atom is 0.0629 e. The maximum atomic E-state index is 5.96. The van der Waals surface area contributed by atoms with E-state index in [1.165, 1.54) is 23.3 Å². The van der Waals surface area contributed by atoms with E-state index in [1.54, 1.807) is 0 Å². The number of nitrogens with one attached hydrogen (secondary N) is 1. The van der Waals surface area contributed by atoms with E-state index in [4.69, 9.17) is 4.74 Å². The predicted octanol–water partition coefficient (Wildman–Crippen LogP) is 5.78. The second-order valence-electron chi connectivity index (χ2n) is 7.86. The molecule has 3 heteroatoms. The second kappa shape index (κ2) is 8.48. The van der Waals surface area contributed by atoms with Gasteiger partial charge < -0.3 is 10.1 Å². The third-order valence-corrected chi connectivity index (χ3v) is 6.46. The van der Waals surface area contributed by atoms with Gasteiger partial charge in [-0.1, -0.05) is 36.4 Å². The predicted molar refractivity (Wildman–Crippen MR) is 107 cm³/mol. The van der Waals surface area contributed by atoms with Crippen molar-refractivity contribution in [1.82, 2.24) is 5.32 Å². The standard InChI is InChI=1S/C22H31NOS/c1-17(21-10-7-15-25-21)23-13-11-20(18-8-5-4-6-9-18)19-12-14-24-22(2,3)16-19/h4-10,15,17,19-20,23H,11-14,16H2,1-3H3/t17-,19-,20+/m0/s1. The fourth-order valence-corrected chi connectivity index (χ4v) is 4.85. The number of benzene rings is 1. The molecular formula is C22H31NOS. The van der Waals surface area contributed by atoms with E-state index < -0.39 is 0 Å². The lowest BCUT2D eigenvalue weighted by atomic mass is 9.75. The van der Waals surface area contributed by atoms with Crippen LogP contribution in [-0.4, -0.2) is 18.8 Å². The molecule has 25 heavy (non-hydrogen) atoms. The molecule has 0 unspecified atom stereocenters. The summed E-state index contributed by atoms with van der Waals surface area (Å²) in [5.41, 5.74) is 1.49. The van der Waals surface area contributed by atoms with Gasteiger partial charge in [0, 0.05) is 17.5 Å². The minimum atomic E-state index is 0.00758. The summed E-state index contributed by atoms with van der Waals surface area (Å²) in [6, 6.07) is 15.9. The van der Waals surface area contributed by atoms with Gasteiger partial charge >= 0.3 is 0 Å². The smallest absolute Gasteiger partial charge is 0.0629 e. The molecule has 0 radical (unpaired) electrons. The van der Waals surface area contributed by atoms with Crippen molar-refractivity contribution in [3.63, 3.8) is 0 Å². The van der Waals surface area contributed by atoms with Crippen molar-refractivity contribution in [2.75, 3.05) is 13.2 Å². The van der Waals surface area contributed by atoms with Gasteiger partial charge in [0.25, 0.3) is 0 Å². The van der Waals surface area contributed by atoms with Gasteiger partial charge in [-0.25, -0.2) is 0 Å². The van der Waals surface area contributed by atoms with Crippen LogP contribution < -0.4 is 5.32 Å². The highest BCUT2D eigenvalue weighted by molar-refractivity contribution is 7.10. The van der Waals surface area contributed by atoms with Crippen molar-refractivity contribution in [3.8, 4) is 0 Å². The van der Waals surface area contributed by atoms with Crippen LogP contribution in [0.5, 0.6) is 0 Å². The minimum absolute atomic E-state index is 0.00758. The number of hydrogen-bond donors (Lipinski definition) is 1. The summed E-state index contributed by atoms with van der Waals surface area (Å²) in [5.74, 6) is 1.30. The van der Waals surface area contributed by atoms with Crippen LogP contribution in [0.25, 0.3) is 0 Å². The zero-order chi connectivity index (χ0) is 17.7. The molecule has 1 saturated heterocycles. The molecule has 2 aromatic rings. The van der Waals surface area contributed by atoms with E-state index in [0.29, 0.717) is 17.9 Å². The molecule has 1 aromatic heterocycles. The molecule has 0 spiro atoms. The van der Waals surface area contributed by atoms with Gasteiger partial charge in [-0.05, 0) is 75.4 Å². The monoisotopic (exact) mass is 357 g/mol. The Bertz CT molecular complexity index is 623. The Morgan fingerprint density at radius 2 is 2.00 bits per heavy atom. The Hall–Kier alpha value is -1.16. The number of rotatable bonds is 7. The third kappa shape index (κ3) is 5.16. The fraction of sp³-hybridized carbons (Fsp3) is 0.545. The summed E-state index contributed by atoms with van der Waals surface area (Å²) in [5, 5.41) is 5.88. The van der Waals surface area contributed by atoms with E-state index >= 15 is 0 Å². The van der Waals surface area contributed by atoms with Crippen LogP contribution in [-0.2, 0) is 4.74 Å². The first-order valence-electron chi connectivity index (χ1n) is 9.51. The minimum Gasteiger partial charge on any atom is -0.376 e. The maximum absolute atomic E-state index is 5.96. The lowest BCUT2D eigenvalue weighted by Gasteiger charge is -2.39. The highest BCUT2D eigenvalue weighted by Crippen LogP contribution is 2.39. The number of hydrogen-bond acceptors (Lipinski definition) is 3. The van der Waals surface area contributed by atoms with Gasteiger partial charge in [0.15, 0.2) is 0 Å². The average molecular weight is 358 g/mol. The molecule has 1 aliphatic rings. The zero-order valence-electron chi connectivity index (χ0n) is 15.7. The summed E-state index contributed by atoms with van der Waals surface area (Å²) >= 11 is 1.84. The Kier molecular flexibility index (Phi) is 6.32. The van der Waals surface area contributed by atoms with E-state index in [-0.39, 0.29) is 5.60 Å². The van der Waals surface area contributed by atoms with Crippen LogP contribution in [0, 0.1) is 5.92 Å². The quantitative estimate of drug-likeness (QED) is 0.678. The lowest BCUT2D eigenvalue weighted by molar-refractivity contribution is -0.0772. The average Bonchev–Trinajstić information content (AvgIpc) is 3.13. The molecule has 0 aliphatic carbocycles. The molecule has 1 fully saturated rings. The van der Waals surface area contributed by atoms with Crippen LogP contribution in [0.4, 0.5) is 0 Å².